The van der Waals surface area contributed by atoms with Gasteiger partial charge in [-0.1, -0.05) is 121 Å². The second kappa shape index (κ2) is 11.0. The molecule has 0 radical (unpaired) electrons. The van der Waals surface area contributed by atoms with Gasteiger partial charge in [0.25, 0.3) is 0 Å². The maximum absolute atomic E-state index is 15.1. The predicted octanol–water partition coefficient (Wildman–Crippen LogP) is 10.3. The minimum Gasteiger partial charge on any atom is -0.309 e. The van der Waals surface area contributed by atoms with Gasteiger partial charge in [0.2, 0.25) is 0 Å². The topological polar surface area (TPSA) is 23.6 Å². The van der Waals surface area contributed by atoms with Crippen molar-refractivity contribution in [2.45, 2.75) is 6.42 Å². The van der Waals surface area contributed by atoms with Crippen LogP contribution >= 0.6 is 7.14 Å². The number of rotatable bonds is 5. The molecule has 4 heteroatoms. The molecule has 0 saturated heterocycles. The van der Waals surface area contributed by atoms with E-state index < -0.39 is 7.14 Å². The van der Waals surface area contributed by atoms with Crippen LogP contribution < -0.4 is 25.7 Å². The van der Waals surface area contributed by atoms with Crippen molar-refractivity contribution < 1.29 is 4.57 Å². The highest BCUT2D eigenvalue weighted by molar-refractivity contribution is 7.85. The first kappa shape index (κ1) is 27.7. The molecule has 0 aromatic heterocycles. The Labute approximate surface area is 275 Å². The van der Waals surface area contributed by atoms with Crippen LogP contribution in [0.1, 0.15) is 11.1 Å². The van der Waals surface area contributed by atoms with Gasteiger partial charge >= 0.3 is 0 Å². The summed E-state index contributed by atoms with van der Waals surface area (Å²) in [5.41, 5.74) is 9.28. The molecule has 0 bridgehead atoms. The molecular weight excluding hydrogens is 591 g/mol. The van der Waals surface area contributed by atoms with E-state index >= 15 is 4.57 Å². The number of anilines is 6. The first-order chi connectivity index (χ1) is 23.2. The molecule has 1 heterocycles. The van der Waals surface area contributed by atoms with Crippen molar-refractivity contribution >= 4 is 74.0 Å². The molecule has 3 nitrogen and oxygen atoms in total. The summed E-state index contributed by atoms with van der Waals surface area (Å²) in [6.45, 7) is 0. The fourth-order valence-corrected chi connectivity index (χ4v) is 10.0. The summed E-state index contributed by atoms with van der Waals surface area (Å²) in [5.74, 6) is 0. The first-order valence-electron chi connectivity index (χ1n) is 16.0. The summed E-state index contributed by atoms with van der Waals surface area (Å²) in [7, 11) is -3.10. The molecule has 2 aliphatic rings. The molecule has 1 aliphatic heterocycles. The lowest BCUT2D eigenvalue weighted by atomic mass is 9.88. The number of allylic oxidation sites excluding steroid dienone is 1. The smallest absolute Gasteiger partial charge is 0.171 e. The Balaban J connectivity index is 1.27. The maximum Gasteiger partial charge on any atom is 0.171 e. The Morgan fingerprint density at radius 1 is 0.489 bits per heavy atom. The molecule has 47 heavy (non-hydrogen) atoms. The standard InChI is InChI=1S/C43H31N2OP/c46-47(35-19-6-2-7-20-35,36-21-8-3-9-22-36)37-28-26-34(27-29-37)44-39-24-10-11-25-40(39)45(33-17-4-1-5-18-33)43-38-23-13-15-31-14-12-16-32(42(31)38)30-41(43)44/h1-22,24-30H,23H2. The predicted molar refractivity (Wildman–Crippen MR) is 199 cm³/mol. The highest BCUT2D eigenvalue weighted by atomic mass is 31.2. The van der Waals surface area contributed by atoms with Gasteiger partial charge in [-0.25, -0.2) is 0 Å². The van der Waals surface area contributed by atoms with Crippen LogP contribution in [0.3, 0.4) is 0 Å². The molecule has 0 N–H and O–H groups in total. The molecule has 0 atom stereocenters. The minimum atomic E-state index is -3.10. The van der Waals surface area contributed by atoms with Gasteiger partial charge in [-0.2, -0.15) is 0 Å². The highest BCUT2D eigenvalue weighted by Gasteiger charge is 2.35. The van der Waals surface area contributed by atoms with E-state index in [1.807, 2.05) is 60.7 Å². The van der Waals surface area contributed by atoms with E-state index in [-0.39, 0.29) is 0 Å². The molecule has 0 saturated carbocycles. The Morgan fingerprint density at radius 3 is 1.70 bits per heavy atom. The quantitative estimate of drug-likeness (QED) is 0.179. The van der Waals surface area contributed by atoms with E-state index in [1.165, 1.54) is 27.6 Å². The number of hydrogen-bond donors (Lipinski definition) is 0. The number of hydrogen-bond acceptors (Lipinski definition) is 3. The molecule has 0 unspecified atom stereocenters. The summed E-state index contributed by atoms with van der Waals surface area (Å²) < 4.78 is 15.1. The van der Waals surface area contributed by atoms with E-state index in [9.17, 15) is 0 Å². The van der Waals surface area contributed by atoms with E-state index in [0.717, 1.165) is 50.8 Å². The summed E-state index contributed by atoms with van der Waals surface area (Å²) >= 11 is 0. The van der Waals surface area contributed by atoms with Crippen LogP contribution in [0, 0.1) is 0 Å². The summed E-state index contributed by atoms with van der Waals surface area (Å²) in [5, 5.41) is 5.03. The van der Waals surface area contributed by atoms with Crippen molar-refractivity contribution in [2.75, 3.05) is 9.80 Å². The average Bonchev–Trinajstić information content (AvgIpc) is 3.15. The summed E-state index contributed by atoms with van der Waals surface area (Å²) in [6.07, 6.45) is 5.39. The van der Waals surface area contributed by atoms with Gasteiger partial charge in [-0.15, -0.1) is 0 Å². The third-order valence-corrected chi connectivity index (χ3v) is 12.5. The van der Waals surface area contributed by atoms with Gasteiger partial charge in [0.1, 0.15) is 0 Å². The SMILES string of the molecule is O=P(c1ccccc1)(c1ccccc1)c1ccc(N2c3ccccc3N(c3ccccc3)c3c2cc2cccc4c2c3CC=C4)cc1. The van der Waals surface area contributed by atoms with Crippen LogP contribution in [0.2, 0.25) is 0 Å². The van der Waals surface area contributed by atoms with Crippen LogP contribution in [0.25, 0.3) is 16.8 Å². The number of nitrogens with zero attached hydrogens (tertiary/aromatic N) is 2. The molecule has 0 spiro atoms. The molecule has 9 rings (SSSR count). The van der Waals surface area contributed by atoms with Crippen molar-refractivity contribution in [1.29, 1.82) is 0 Å². The number of fused-ring (bicyclic) bond motifs is 3. The fraction of sp³-hybridized carbons (Fsp3) is 0.0233. The van der Waals surface area contributed by atoms with Crippen LogP contribution in [0.5, 0.6) is 0 Å². The summed E-state index contributed by atoms with van der Waals surface area (Å²) in [4.78, 5) is 4.81. The third kappa shape index (κ3) is 4.31. The molecule has 7 aromatic carbocycles. The van der Waals surface area contributed by atoms with Gasteiger partial charge in [0.05, 0.1) is 22.7 Å². The van der Waals surface area contributed by atoms with Crippen LogP contribution in [0.4, 0.5) is 34.1 Å². The molecular formula is C43H31N2OP. The van der Waals surface area contributed by atoms with Gasteiger partial charge in [-0.05, 0) is 82.9 Å². The van der Waals surface area contributed by atoms with Crippen molar-refractivity contribution in [1.82, 2.24) is 0 Å². The Hall–Kier alpha value is -5.63. The van der Waals surface area contributed by atoms with Crippen molar-refractivity contribution in [3.05, 3.63) is 181 Å². The number of benzene rings is 7. The third-order valence-electron chi connectivity index (χ3n) is 9.42. The van der Waals surface area contributed by atoms with Gasteiger partial charge in [0.15, 0.2) is 7.14 Å². The van der Waals surface area contributed by atoms with Crippen LogP contribution in [0.15, 0.2) is 170 Å². The minimum absolute atomic E-state index is 0.818. The van der Waals surface area contributed by atoms with E-state index in [1.54, 1.807) is 0 Å². The number of para-hydroxylation sites is 3. The molecule has 7 aromatic rings. The zero-order valence-corrected chi connectivity index (χ0v) is 26.6. The lowest BCUT2D eigenvalue weighted by Crippen LogP contribution is -2.27. The van der Waals surface area contributed by atoms with Crippen LogP contribution in [-0.4, -0.2) is 0 Å². The highest BCUT2D eigenvalue weighted by Crippen LogP contribution is 2.57. The molecule has 0 amide bonds. The van der Waals surface area contributed by atoms with Gasteiger partial charge < -0.3 is 14.4 Å². The van der Waals surface area contributed by atoms with Gasteiger partial charge in [0, 0.05) is 27.3 Å². The van der Waals surface area contributed by atoms with E-state index in [0.29, 0.717) is 0 Å². The van der Waals surface area contributed by atoms with E-state index in [4.69, 9.17) is 0 Å². The summed E-state index contributed by atoms with van der Waals surface area (Å²) in [6, 6.07) is 56.4. The monoisotopic (exact) mass is 622 g/mol. The Morgan fingerprint density at radius 2 is 1.04 bits per heavy atom. The fourth-order valence-electron chi connectivity index (χ4n) is 7.36. The zero-order chi connectivity index (χ0) is 31.4. The largest absolute Gasteiger partial charge is 0.309 e. The normalized spacial score (nSPS) is 13.4. The van der Waals surface area contributed by atoms with Crippen molar-refractivity contribution in [2.24, 2.45) is 0 Å². The second-order valence-electron chi connectivity index (χ2n) is 12.1. The van der Waals surface area contributed by atoms with Crippen molar-refractivity contribution in [3.63, 3.8) is 0 Å². The van der Waals surface area contributed by atoms with Gasteiger partial charge in [-0.3, -0.25) is 0 Å². The lowest BCUT2D eigenvalue weighted by molar-refractivity contribution is 0.592. The zero-order valence-electron chi connectivity index (χ0n) is 25.7. The molecule has 224 valence electrons. The second-order valence-corrected chi connectivity index (χ2v) is 14.8. The molecule has 0 fully saturated rings. The molecule has 1 aliphatic carbocycles. The Kier molecular flexibility index (Phi) is 6.48. The lowest BCUT2D eigenvalue weighted by Gasteiger charge is -2.42. The van der Waals surface area contributed by atoms with E-state index in [2.05, 4.69) is 125 Å². The Bertz CT molecular complexity index is 2310. The maximum atomic E-state index is 15.1. The van der Waals surface area contributed by atoms with Crippen molar-refractivity contribution in [3.8, 4) is 0 Å². The first-order valence-corrected chi connectivity index (χ1v) is 17.7. The van der Waals surface area contributed by atoms with Crippen LogP contribution in [-0.2, 0) is 11.0 Å². The average molecular weight is 623 g/mol.